The molecule has 96 valence electrons. The van der Waals surface area contributed by atoms with E-state index in [0.29, 0.717) is 19.8 Å². The minimum absolute atomic E-state index is 0.556. The number of hydrogen-bond donors (Lipinski definition) is 0. The highest BCUT2D eigenvalue weighted by molar-refractivity contribution is 6.60. The summed E-state index contributed by atoms with van der Waals surface area (Å²) < 4.78 is 17.4. The van der Waals surface area contributed by atoms with E-state index >= 15 is 0 Å². The first-order chi connectivity index (χ1) is 8.26. The lowest BCUT2D eigenvalue weighted by Gasteiger charge is -2.27. The molecular weight excluding hydrogens is 232 g/mol. The fourth-order valence-electron chi connectivity index (χ4n) is 1.64. The lowest BCUT2D eigenvalue weighted by molar-refractivity contribution is 0.0624. The minimum Gasteiger partial charge on any atom is -0.374 e. The Labute approximate surface area is 105 Å². The summed E-state index contributed by atoms with van der Waals surface area (Å²) >= 11 is 0. The molecule has 1 aromatic rings. The van der Waals surface area contributed by atoms with Gasteiger partial charge in [-0.1, -0.05) is 37.3 Å². The third kappa shape index (κ3) is 4.59. The third-order valence-electron chi connectivity index (χ3n) is 2.46. The first-order valence-corrected chi connectivity index (χ1v) is 8.15. The van der Waals surface area contributed by atoms with Crippen molar-refractivity contribution in [1.29, 1.82) is 0 Å². The number of rotatable bonds is 8. The second-order valence-electron chi connectivity index (χ2n) is 3.68. The molecule has 17 heavy (non-hydrogen) atoms. The van der Waals surface area contributed by atoms with E-state index in [1.54, 1.807) is 0 Å². The van der Waals surface area contributed by atoms with Gasteiger partial charge < -0.3 is 13.3 Å². The van der Waals surface area contributed by atoms with Crippen LogP contribution in [0.25, 0.3) is 0 Å². The van der Waals surface area contributed by atoms with Crippen molar-refractivity contribution in [1.82, 2.24) is 0 Å². The van der Waals surface area contributed by atoms with Gasteiger partial charge in [0.05, 0.1) is 6.61 Å². The normalized spacial score (nSPS) is 11.7. The summed E-state index contributed by atoms with van der Waals surface area (Å²) in [6.07, 6.45) is 0. The summed E-state index contributed by atoms with van der Waals surface area (Å²) in [6, 6.07) is 10.9. The molecule has 0 radical (unpaired) electrons. The first kappa shape index (κ1) is 14.4. The lowest BCUT2D eigenvalue weighted by Crippen LogP contribution is -2.45. The maximum absolute atomic E-state index is 5.94. The topological polar surface area (TPSA) is 27.7 Å². The molecule has 0 spiro atoms. The van der Waals surface area contributed by atoms with Crippen LogP contribution < -0.4 is 0 Å². The molecule has 1 aromatic carbocycles. The Kier molecular flexibility index (Phi) is 6.43. The van der Waals surface area contributed by atoms with Gasteiger partial charge in [0.1, 0.15) is 0 Å². The van der Waals surface area contributed by atoms with Gasteiger partial charge in [0.25, 0.3) is 0 Å². The molecule has 1 rings (SSSR count). The highest BCUT2D eigenvalue weighted by Gasteiger charge is 2.38. The molecule has 0 aliphatic heterocycles. The highest BCUT2D eigenvalue weighted by Crippen LogP contribution is 2.17. The van der Waals surface area contributed by atoms with Crippen molar-refractivity contribution in [2.24, 2.45) is 0 Å². The Hall–Kier alpha value is -0.683. The molecule has 0 saturated heterocycles. The number of benzene rings is 1. The molecule has 0 N–H and O–H groups in total. The largest absolute Gasteiger partial charge is 0.500 e. The Morgan fingerprint density at radius 1 is 0.882 bits per heavy atom. The molecule has 0 saturated carbocycles. The summed E-state index contributed by atoms with van der Waals surface area (Å²) in [4.78, 5) is 0. The monoisotopic (exact) mass is 254 g/mol. The lowest BCUT2D eigenvalue weighted by atomic mass is 10.2. The highest BCUT2D eigenvalue weighted by atomic mass is 28.4. The van der Waals surface area contributed by atoms with Gasteiger partial charge in [-0.25, -0.2) is 0 Å². The second kappa shape index (κ2) is 7.61. The summed E-state index contributed by atoms with van der Waals surface area (Å²) in [7, 11) is -2.45. The molecule has 3 nitrogen and oxygen atoms in total. The van der Waals surface area contributed by atoms with Crippen molar-refractivity contribution < 1.29 is 13.3 Å². The van der Waals surface area contributed by atoms with Gasteiger partial charge in [-0.15, -0.1) is 0 Å². The molecule has 0 heterocycles. The average Bonchev–Trinajstić information content (AvgIpc) is 2.38. The van der Waals surface area contributed by atoms with Crippen molar-refractivity contribution in [3.8, 4) is 0 Å². The van der Waals surface area contributed by atoms with Gasteiger partial charge in [0.15, 0.2) is 0 Å². The van der Waals surface area contributed by atoms with Crippen molar-refractivity contribution in [2.75, 3.05) is 13.2 Å². The zero-order chi connectivity index (χ0) is 12.6. The van der Waals surface area contributed by atoms with Crippen LogP contribution in [0.1, 0.15) is 26.3 Å². The van der Waals surface area contributed by atoms with Crippen LogP contribution >= 0.6 is 0 Å². The molecule has 0 atom stereocenters. The van der Waals surface area contributed by atoms with Crippen molar-refractivity contribution in [3.05, 3.63) is 35.9 Å². The Bertz CT molecular complexity index is 297. The van der Waals surface area contributed by atoms with Crippen LogP contribution in [0.3, 0.4) is 0 Å². The third-order valence-corrected chi connectivity index (χ3v) is 5.37. The molecule has 0 aromatic heterocycles. The smallest absolute Gasteiger partial charge is 0.374 e. The van der Waals surface area contributed by atoms with Crippen LogP contribution in [-0.2, 0) is 19.9 Å². The summed E-state index contributed by atoms with van der Waals surface area (Å²) in [5.41, 5.74) is 1.15. The molecule has 0 aliphatic rings. The Balaban J connectivity index is 2.59. The van der Waals surface area contributed by atoms with Crippen LogP contribution in [0.2, 0.25) is 6.04 Å². The van der Waals surface area contributed by atoms with E-state index in [1.807, 2.05) is 44.2 Å². The molecular formula is C13H22O3Si. The van der Waals surface area contributed by atoms with Gasteiger partial charge in [-0.2, -0.15) is 0 Å². The van der Waals surface area contributed by atoms with E-state index in [1.165, 1.54) is 0 Å². The van der Waals surface area contributed by atoms with Crippen molar-refractivity contribution >= 4 is 8.80 Å². The predicted molar refractivity (Wildman–Crippen MR) is 70.7 cm³/mol. The van der Waals surface area contributed by atoms with Crippen molar-refractivity contribution in [3.63, 3.8) is 0 Å². The van der Waals surface area contributed by atoms with Crippen LogP contribution in [-0.4, -0.2) is 22.0 Å². The zero-order valence-electron chi connectivity index (χ0n) is 10.9. The molecule has 0 fully saturated rings. The van der Waals surface area contributed by atoms with Crippen molar-refractivity contribution in [2.45, 2.75) is 33.4 Å². The minimum atomic E-state index is -2.45. The molecule has 0 amide bonds. The zero-order valence-corrected chi connectivity index (χ0v) is 11.9. The molecule has 0 aliphatic carbocycles. The van der Waals surface area contributed by atoms with E-state index in [0.717, 1.165) is 11.6 Å². The van der Waals surface area contributed by atoms with Crippen LogP contribution in [0.4, 0.5) is 0 Å². The maximum atomic E-state index is 5.94. The van der Waals surface area contributed by atoms with Gasteiger partial charge in [-0.3, -0.25) is 0 Å². The average molecular weight is 254 g/mol. The van der Waals surface area contributed by atoms with Crippen LogP contribution in [0.5, 0.6) is 0 Å². The standard InChI is InChI=1S/C13H22O3Si/c1-4-14-17(6-3,15-5-2)16-12-13-10-8-7-9-11-13/h7-11H,4-6,12H2,1-3H3. The Morgan fingerprint density at radius 2 is 1.47 bits per heavy atom. The fraction of sp³-hybridized carbons (Fsp3) is 0.538. The fourth-order valence-corrected chi connectivity index (χ4v) is 3.77. The SMILES string of the molecule is CCO[Si](CC)(OCC)OCc1ccccc1. The Morgan fingerprint density at radius 3 is 1.94 bits per heavy atom. The van der Waals surface area contributed by atoms with E-state index in [9.17, 15) is 0 Å². The van der Waals surface area contributed by atoms with E-state index < -0.39 is 8.80 Å². The second-order valence-corrected chi connectivity index (χ2v) is 6.62. The van der Waals surface area contributed by atoms with Crippen LogP contribution in [0, 0.1) is 0 Å². The van der Waals surface area contributed by atoms with Gasteiger partial charge >= 0.3 is 8.80 Å². The van der Waals surface area contributed by atoms with Gasteiger partial charge in [0.2, 0.25) is 0 Å². The quantitative estimate of drug-likeness (QED) is 0.667. The van der Waals surface area contributed by atoms with E-state index in [2.05, 4.69) is 6.92 Å². The first-order valence-electron chi connectivity index (χ1n) is 6.22. The molecule has 4 heteroatoms. The summed E-state index contributed by atoms with van der Waals surface area (Å²) in [6.45, 7) is 7.83. The van der Waals surface area contributed by atoms with Gasteiger partial charge in [0, 0.05) is 19.3 Å². The van der Waals surface area contributed by atoms with Crippen LogP contribution in [0.15, 0.2) is 30.3 Å². The maximum Gasteiger partial charge on any atom is 0.500 e. The summed E-state index contributed by atoms with van der Waals surface area (Å²) in [5.74, 6) is 0. The molecule has 0 unspecified atom stereocenters. The van der Waals surface area contributed by atoms with Gasteiger partial charge in [-0.05, 0) is 19.4 Å². The number of hydrogen-bond acceptors (Lipinski definition) is 3. The van der Waals surface area contributed by atoms with E-state index in [4.69, 9.17) is 13.3 Å². The molecule has 0 bridgehead atoms. The summed E-state index contributed by atoms with van der Waals surface area (Å²) in [5, 5.41) is 0. The predicted octanol–water partition coefficient (Wildman–Crippen LogP) is 3.24. The van der Waals surface area contributed by atoms with E-state index in [-0.39, 0.29) is 0 Å².